The molecule has 0 spiro atoms. The van der Waals surface area contributed by atoms with Gasteiger partial charge < -0.3 is 20.1 Å². The Morgan fingerprint density at radius 3 is 2.69 bits per heavy atom. The molecule has 3 aromatic rings. The second-order valence-corrected chi connectivity index (χ2v) is 9.65. The number of anilines is 1. The highest BCUT2D eigenvalue weighted by Crippen LogP contribution is 2.39. The number of alkyl halides is 1. The van der Waals surface area contributed by atoms with E-state index in [1.54, 1.807) is 30.6 Å². The topological polar surface area (TPSA) is 109 Å². The molecule has 2 N–H and O–H groups in total. The van der Waals surface area contributed by atoms with Crippen LogP contribution in [0, 0.1) is 0 Å². The van der Waals surface area contributed by atoms with Crippen LogP contribution in [-0.2, 0) is 0 Å². The summed E-state index contributed by atoms with van der Waals surface area (Å²) < 4.78 is 20.6. The molecule has 182 valence electrons. The second-order valence-electron chi connectivity index (χ2n) is 9.65. The number of phenolic OH excluding ortho intramolecular Hbond substituents is 1. The number of ether oxygens (including phenoxy) is 1. The van der Waals surface area contributed by atoms with Gasteiger partial charge in [0, 0.05) is 35.3 Å². The molecule has 4 atom stereocenters. The van der Waals surface area contributed by atoms with Gasteiger partial charge in [-0.3, -0.25) is 0 Å². The summed E-state index contributed by atoms with van der Waals surface area (Å²) in [4.78, 5) is 6.65. The number of aromatic hydroxyl groups is 1. The summed E-state index contributed by atoms with van der Waals surface area (Å²) in [5, 5.41) is 30.7. The minimum Gasteiger partial charge on any atom is -0.507 e. The maximum Gasteiger partial charge on any atom is 0.245 e. The fraction of sp³-hybridized carbons (Fsp3) is 0.480. The minimum absolute atomic E-state index is 0.0520. The summed E-state index contributed by atoms with van der Waals surface area (Å²) in [6.07, 6.45) is 8.12. The van der Waals surface area contributed by atoms with E-state index in [9.17, 15) is 5.11 Å². The van der Waals surface area contributed by atoms with Gasteiger partial charge in [-0.25, -0.2) is 9.37 Å². The molecule has 3 fully saturated rings. The van der Waals surface area contributed by atoms with Gasteiger partial charge in [0.05, 0.1) is 25.5 Å². The van der Waals surface area contributed by atoms with Crippen molar-refractivity contribution in [3.8, 4) is 34.0 Å². The molecule has 2 saturated heterocycles. The second kappa shape index (κ2) is 8.99. The van der Waals surface area contributed by atoms with Crippen LogP contribution in [0.25, 0.3) is 22.4 Å². The van der Waals surface area contributed by atoms with Crippen LogP contribution in [0.3, 0.4) is 0 Å². The Kier molecular flexibility index (Phi) is 5.68. The molecule has 9 nitrogen and oxygen atoms in total. The van der Waals surface area contributed by atoms with Crippen LogP contribution in [0.5, 0.6) is 11.6 Å². The number of hydrogen-bond acceptors (Lipinski definition) is 9. The molecular formula is C25H28FN7O2. The number of piperidine rings is 2. The van der Waals surface area contributed by atoms with Gasteiger partial charge in [0.2, 0.25) is 11.8 Å². The van der Waals surface area contributed by atoms with E-state index in [1.807, 2.05) is 6.07 Å². The molecule has 6 rings (SSSR count). The molecule has 2 aromatic heterocycles. The normalized spacial score (nSPS) is 25.8. The third-order valence-corrected chi connectivity index (χ3v) is 7.32. The molecular weight excluding hydrogens is 449 g/mol. The van der Waals surface area contributed by atoms with Crippen molar-refractivity contribution in [3.05, 3.63) is 36.7 Å². The SMILES string of the molecule is COc1cc(-c2ccc(-c3cnc(N(C4CC4)[C@@H]4C[C@@H]5CCC[C@H](N5)[C@@H]4F)nn3)c(O)c2)cnn1. The lowest BCUT2D eigenvalue weighted by molar-refractivity contribution is 0.103. The lowest BCUT2D eigenvalue weighted by Gasteiger charge is -2.46. The highest BCUT2D eigenvalue weighted by molar-refractivity contribution is 5.74. The first-order valence-electron chi connectivity index (χ1n) is 12.2. The zero-order chi connectivity index (χ0) is 23.9. The average Bonchev–Trinajstić information content (AvgIpc) is 3.73. The highest BCUT2D eigenvalue weighted by atomic mass is 19.1. The molecule has 10 heteroatoms. The lowest BCUT2D eigenvalue weighted by Crippen LogP contribution is -2.62. The van der Waals surface area contributed by atoms with E-state index < -0.39 is 6.17 Å². The Morgan fingerprint density at radius 2 is 1.94 bits per heavy atom. The van der Waals surface area contributed by atoms with Crippen molar-refractivity contribution in [2.75, 3.05) is 12.0 Å². The van der Waals surface area contributed by atoms with Crippen LogP contribution in [0.2, 0.25) is 0 Å². The quantitative estimate of drug-likeness (QED) is 0.553. The number of nitrogens with zero attached hydrogens (tertiary/aromatic N) is 6. The van der Waals surface area contributed by atoms with Crippen molar-refractivity contribution in [1.29, 1.82) is 0 Å². The number of nitrogens with one attached hydrogen (secondary N) is 1. The van der Waals surface area contributed by atoms with Crippen molar-refractivity contribution < 1.29 is 14.2 Å². The van der Waals surface area contributed by atoms with Crippen molar-refractivity contribution in [3.63, 3.8) is 0 Å². The van der Waals surface area contributed by atoms with E-state index in [1.165, 1.54) is 7.11 Å². The van der Waals surface area contributed by atoms with Crippen LogP contribution in [0.4, 0.5) is 10.3 Å². The predicted molar refractivity (Wildman–Crippen MR) is 128 cm³/mol. The van der Waals surface area contributed by atoms with Crippen molar-refractivity contribution in [2.45, 2.75) is 68.9 Å². The molecule has 0 radical (unpaired) electrons. The smallest absolute Gasteiger partial charge is 0.245 e. The Morgan fingerprint density at radius 1 is 1.06 bits per heavy atom. The number of methoxy groups -OCH3 is 1. The molecule has 4 heterocycles. The van der Waals surface area contributed by atoms with E-state index >= 15 is 4.39 Å². The maximum absolute atomic E-state index is 15.4. The van der Waals surface area contributed by atoms with E-state index in [0.717, 1.165) is 49.7 Å². The number of hydrogen-bond donors (Lipinski definition) is 2. The summed E-state index contributed by atoms with van der Waals surface area (Å²) in [5.41, 5.74) is 2.51. The van der Waals surface area contributed by atoms with Gasteiger partial charge in [0.15, 0.2) is 0 Å². The molecule has 1 saturated carbocycles. The van der Waals surface area contributed by atoms with Crippen LogP contribution in [0.1, 0.15) is 38.5 Å². The molecule has 1 aromatic carbocycles. The molecule has 1 aliphatic carbocycles. The van der Waals surface area contributed by atoms with Gasteiger partial charge in [0.25, 0.3) is 0 Å². The first kappa shape index (κ1) is 22.1. The lowest BCUT2D eigenvalue weighted by atomic mass is 9.82. The predicted octanol–water partition coefficient (Wildman–Crippen LogP) is 3.30. The van der Waals surface area contributed by atoms with E-state index in [-0.39, 0.29) is 23.9 Å². The number of aromatic nitrogens is 5. The zero-order valence-electron chi connectivity index (χ0n) is 19.5. The van der Waals surface area contributed by atoms with Gasteiger partial charge in [-0.1, -0.05) is 12.5 Å². The first-order chi connectivity index (χ1) is 17.1. The van der Waals surface area contributed by atoms with Crippen LogP contribution in [0.15, 0.2) is 36.7 Å². The Bertz CT molecular complexity index is 1210. The van der Waals surface area contributed by atoms with E-state index in [2.05, 4.69) is 35.6 Å². The third kappa shape index (κ3) is 4.27. The van der Waals surface area contributed by atoms with E-state index in [4.69, 9.17) is 4.74 Å². The fourth-order valence-electron chi connectivity index (χ4n) is 5.43. The molecule has 0 unspecified atom stereocenters. The van der Waals surface area contributed by atoms with Crippen molar-refractivity contribution in [1.82, 2.24) is 30.7 Å². The Hall–Kier alpha value is -3.40. The van der Waals surface area contributed by atoms with Crippen LogP contribution in [-0.4, -0.2) is 67.9 Å². The molecule has 35 heavy (non-hydrogen) atoms. The number of phenols is 1. The fourth-order valence-corrected chi connectivity index (χ4v) is 5.43. The summed E-state index contributed by atoms with van der Waals surface area (Å²) in [6.45, 7) is 0. The summed E-state index contributed by atoms with van der Waals surface area (Å²) in [7, 11) is 1.53. The summed E-state index contributed by atoms with van der Waals surface area (Å²) in [5.74, 6) is 0.913. The summed E-state index contributed by atoms with van der Waals surface area (Å²) >= 11 is 0. The Labute approximate surface area is 202 Å². The van der Waals surface area contributed by atoms with Gasteiger partial charge in [0.1, 0.15) is 17.6 Å². The first-order valence-corrected chi connectivity index (χ1v) is 12.2. The summed E-state index contributed by atoms with van der Waals surface area (Å²) in [6, 6.07) is 7.31. The molecule has 2 bridgehead atoms. The van der Waals surface area contributed by atoms with E-state index in [0.29, 0.717) is 29.1 Å². The minimum atomic E-state index is -0.951. The number of halogens is 1. The van der Waals surface area contributed by atoms with Crippen molar-refractivity contribution >= 4 is 5.95 Å². The monoisotopic (exact) mass is 477 g/mol. The molecule has 3 aliphatic rings. The van der Waals surface area contributed by atoms with Crippen molar-refractivity contribution in [2.24, 2.45) is 0 Å². The van der Waals surface area contributed by atoms with Gasteiger partial charge in [-0.05, 0) is 49.8 Å². The van der Waals surface area contributed by atoms with Gasteiger partial charge in [-0.15, -0.1) is 15.3 Å². The van der Waals surface area contributed by atoms with Gasteiger partial charge >= 0.3 is 0 Å². The van der Waals surface area contributed by atoms with Gasteiger partial charge in [-0.2, -0.15) is 5.10 Å². The number of benzene rings is 1. The Balaban J connectivity index is 1.25. The number of rotatable bonds is 6. The maximum atomic E-state index is 15.4. The average molecular weight is 478 g/mol. The van der Waals surface area contributed by atoms with Crippen LogP contribution < -0.4 is 15.0 Å². The standard InChI is InChI=1S/C25H28FN7O2/c1-35-23-10-15(12-28-31-23)14-5-8-18(22(34)9-14)20-13-27-25(32-30-20)33(17-6-7-17)21-11-16-3-2-4-19(29-16)24(21)26/h5,8-10,12-13,16-17,19,21,24,29,34H,2-4,6-7,11H2,1H3/t16-,19-,21+,24-/m0/s1. The third-order valence-electron chi connectivity index (χ3n) is 7.32. The number of fused-ring (bicyclic) bond motifs is 2. The van der Waals surface area contributed by atoms with Crippen LogP contribution >= 0.6 is 0 Å². The largest absolute Gasteiger partial charge is 0.507 e. The molecule has 2 aliphatic heterocycles. The highest BCUT2D eigenvalue weighted by Gasteiger charge is 2.47. The zero-order valence-corrected chi connectivity index (χ0v) is 19.5. The molecule has 0 amide bonds.